The molecule has 0 N–H and O–H groups in total. The summed E-state index contributed by atoms with van der Waals surface area (Å²) in [6, 6.07) is 14.0. The second-order valence-electron chi connectivity index (χ2n) is 6.63. The molecule has 0 heterocycles. The minimum absolute atomic E-state index is 0.0123. The molecular weight excluding hydrogens is 326 g/mol. The van der Waals surface area contributed by atoms with Crippen LogP contribution < -0.4 is 10.6 Å². The van der Waals surface area contributed by atoms with Gasteiger partial charge >= 0.3 is 0 Å². The van der Waals surface area contributed by atoms with E-state index in [1.165, 1.54) is 55.7 Å². The van der Waals surface area contributed by atoms with Crippen LogP contribution in [0.25, 0.3) is 10.8 Å². The summed E-state index contributed by atoms with van der Waals surface area (Å²) in [5.41, 5.74) is 0. The fourth-order valence-electron chi connectivity index (χ4n) is 3.60. The number of fused-ring (bicyclic) bond motifs is 1. The third kappa shape index (κ3) is 4.80. The molecule has 2 aromatic carbocycles. The van der Waals surface area contributed by atoms with Crippen molar-refractivity contribution < 1.29 is 0 Å². The lowest BCUT2D eigenvalue weighted by Gasteiger charge is -2.27. The van der Waals surface area contributed by atoms with Gasteiger partial charge in [0.25, 0.3) is 0 Å². The second-order valence-corrected chi connectivity index (χ2v) is 11.5. The van der Waals surface area contributed by atoms with Gasteiger partial charge in [-0.25, -0.2) is 0 Å². The van der Waals surface area contributed by atoms with Crippen molar-refractivity contribution in [1.29, 1.82) is 0 Å². The van der Waals surface area contributed by atoms with Crippen molar-refractivity contribution in [3.8, 4) is 0 Å². The van der Waals surface area contributed by atoms with Crippen molar-refractivity contribution in [3.63, 3.8) is 0 Å². The zero-order valence-electron chi connectivity index (χ0n) is 16.0. The Bertz CT molecular complexity index is 608. The lowest BCUT2D eigenvalue weighted by molar-refractivity contribution is 1.06. The van der Waals surface area contributed by atoms with Crippen molar-refractivity contribution >= 4 is 37.2 Å². The van der Waals surface area contributed by atoms with E-state index in [0.29, 0.717) is 0 Å². The molecule has 0 spiro atoms. The maximum absolute atomic E-state index is 2.51. The molecule has 0 radical (unpaired) electrons. The predicted molar refractivity (Wildman–Crippen MR) is 118 cm³/mol. The van der Waals surface area contributed by atoms with Crippen molar-refractivity contribution in [3.05, 3.63) is 36.4 Å². The Morgan fingerprint density at radius 3 is 1.75 bits per heavy atom. The molecule has 0 saturated carbocycles. The van der Waals surface area contributed by atoms with E-state index >= 15 is 0 Å². The quantitative estimate of drug-likeness (QED) is 0.414. The highest BCUT2D eigenvalue weighted by atomic mass is 31.1. The van der Waals surface area contributed by atoms with E-state index < -0.39 is 0 Å². The second kappa shape index (κ2) is 10.5. The molecule has 0 saturated heterocycles. The van der Waals surface area contributed by atoms with Crippen LogP contribution in [0.3, 0.4) is 0 Å². The van der Waals surface area contributed by atoms with Crippen LogP contribution in [-0.2, 0) is 0 Å². The standard InChI is InChI=1S/C22H34P2/c1-5-15-23(16-6-2)21-14-13-19-11-9-10-12-20(19)22(21)24(17-7-3)18-8-4/h9-14H,5-8,15-18H2,1-4H3. The highest BCUT2D eigenvalue weighted by Gasteiger charge is 2.21. The van der Waals surface area contributed by atoms with E-state index in [9.17, 15) is 0 Å². The minimum atomic E-state index is -0.0143. The third-order valence-corrected chi connectivity index (χ3v) is 10.8. The highest BCUT2D eigenvalue weighted by Crippen LogP contribution is 2.43. The molecule has 24 heavy (non-hydrogen) atoms. The number of hydrogen-bond donors (Lipinski definition) is 0. The van der Waals surface area contributed by atoms with Gasteiger partial charge in [-0.1, -0.05) is 106 Å². The Hall–Kier alpha value is -0.440. The van der Waals surface area contributed by atoms with Crippen molar-refractivity contribution in [2.75, 3.05) is 24.6 Å². The molecule has 0 fully saturated rings. The molecular formula is C22H34P2. The van der Waals surface area contributed by atoms with Gasteiger partial charge in [0.1, 0.15) is 0 Å². The van der Waals surface area contributed by atoms with E-state index in [2.05, 4.69) is 64.1 Å². The summed E-state index contributed by atoms with van der Waals surface area (Å²) in [5, 5.41) is 6.53. The van der Waals surface area contributed by atoms with Crippen LogP contribution in [0.5, 0.6) is 0 Å². The summed E-state index contributed by atoms with van der Waals surface area (Å²) in [7, 11) is -0.00192. The first kappa shape index (κ1) is 19.9. The van der Waals surface area contributed by atoms with Gasteiger partial charge in [0.05, 0.1) is 0 Å². The summed E-state index contributed by atoms with van der Waals surface area (Å²) in [5.74, 6) is 0. The van der Waals surface area contributed by atoms with Crippen LogP contribution in [0.1, 0.15) is 53.4 Å². The van der Waals surface area contributed by atoms with Gasteiger partial charge in [0.15, 0.2) is 0 Å². The van der Waals surface area contributed by atoms with Crippen molar-refractivity contribution in [2.24, 2.45) is 0 Å². The van der Waals surface area contributed by atoms with Gasteiger partial charge < -0.3 is 0 Å². The van der Waals surface area contributed by atoms with Crippen molar-refractivity contribution in [2.45, 2.75) is 53.4 Å². The summed E-state index contributed by atoms with van der Waals surface area (Å²) in [6.45, 7) is 9.42. The Kier molecular flexibility index (Phi) is 8.72. The van der Waals surface area contributed by atoms with E-state index in [0.717, 1.165) is 0 Å². The fourth-order valence-corrected chi connectivity index (χ4v) is 9.63. The van der Waals surface area contributed by atoms with E-state index in [4.69, 9.17) is 0 Å². The molecule has 0 aliphatic rings. The first-order chi connectivity index (χ1) is 11.8. The summed E-state index contributed by atoms with van der Waals surface area (Å²) >= 11 is 0. The molecule has 0 aromatic heterocycles. The molecule has 2 rings (SSSR count). The van der Waals surface area contributed by atoms with Crippen LogP contribution in [0.15, 0.2) is 36.4 Å². The van der Waals surface area contributed by atoms with Gasteiger partial charge in [-0.2, -0.15) is 0 Å². The zero-order chi connectivity index (χ0) is 17.4. The molecule has 0 atom stereocenters. The van der Waals surface area contributed by atoms with Gasteiger partial charge in [-0.15, -0.1) is 0 Å². The fraction of sp³-hybridized carbons (Fsp3) is 0.545. The molecule has 0 nitrogen and oxygen atoms in total. The normalized spacial score (nSPS) is 11.8. The first-order valence-electron chi connectivity index (χ1n) is 9.78. The number of rotatable bonds is 10. The molecule has 0 unspecified atom stereocenters. The molecule has 2 heteroatoms. The van der Waals surface area contributed by atoms with Gasteiger partial charge in [0.2, 0.25) is 0 Å². The van der Waals surface area contributed by atoms with Gasteiger partial charge in [-0.05, 0) is 46.0 Å². The monoisotopic (exact) mass is 360 g/mol. The molecule has 0 bridgehead atoms. The minimum Gasteiger partial charge on any atom is -0.0746 e. The summed E-state index contributed by atoms with van der Waals surface area (Å²) in [4.78, 5) is 0. The molecule has 132 valence electrons. The topological polar surface area (TPSA) is 0 Å². The Balaban J connectivity index is 2.61. The molecule has 2 aromatic rings. The third-order valence-electron chi connectivity index (χ3n) is 4.51. The lowest BCUT2D eigenvalue weighted by atomic mass is 10.1. The lowest BCUT2D eigenvalue weighted by Crippen LogP contribution is -2.26. The Labute approximate surface area is 151 Å². The zero-order valence-corrected chi connectivity index (χ0v) is 17.8. The maximum Gasteiger partial charge on any atom is -0.00857 e. The van der Waals surface area contributed by atoms with E-state index in [1.54, 1.807) is 16.0 Å². The van der Waals surface area contributed by atoms with Crippen LogP contribution in [0.2, 0.25) is 0 Å². The van der Waals surface area contributed by atoms with E-state index in [1.807, 2.05) is 0 Å². The average Bonchev–Trinajstić information content (AvgIpc) is 2.60. The molecule has 0 aliphatic heterocycles. The average molecular weight is 360 g/mol. The van der Waals surface area contributed by atoms with Crippen molar-refractivity contribution in [1.82, 2.24) is 0 Å². The maximum atomic E-state index is 2.51. The number of hydrogen-bond acceptors (Lipinski definition) is 0. The Morgan fingerprint density at radius 2 is 1.17 bits per heavy atom. The largest absolute Gasteiger partial charge is 0.0746 e. The summed E-state index contributed by atoms with van der Waals surface area (Å²) < 4.78 is 0. The first-order valence-corrected chi connectivity index (χ1v) is 13.2. The summed E-state index contributed by atoms with van der Waals surface area (Å²) in [6.07, 6.45) is 10.8. The Morgan fingerprint density at radius 1 is 0.625 bits per heavy atom. The SMILES string of the molecule is CCCP(CCC)c1ccc2ccccc2c1P(CCC)CCC. The predicted octanol–water partition coefficient (Wildman–Crippen LogP) is 6.69. The van der Waals surface area contributed by atoms with Crippen LogP contribution in [0.4, 0.5) is 0 Å². The van der Waals surface area contributed by atoms with Crippen LogP contribution in [0, 0.1) is 0 Å². The smallest absolute Gasteiger partial charge is 0.00857 e. The van der Waals surface area contributed by atoms with Gasteiger partial charge in [-0.3, -0.25) is 0 Å². The van der Waals surface area contributed by atoms with Crippen LogP contribution >= 0.6 is 15.8 Å². The van der Waals surface area contributed by atoms with E-state index in [-0.39, 0.29) is 15.8 Å². The molecule has 0 amide bonds. The van der Waals surface area contributed by atoms with Crippen LogP contribution in [-0.4, -0.2) is 24.6 Å². The molecule has 0 aliphatic carbocycles. The highest BCUT2D eigenvalue weighted by molar-refractivity contribution is 7.72. The van der Waals surface area contributed by atoms with Gasteiger partial charge in [0, 0.05) is 0 Å². The number of benzene rings is 2.